The number of carbonyl (C=O) groups excluding carboxylic acids is 7. The van der Waals surface area contributed by atoms with Gasteiger partial charge in [-0.25, -0.2) is 4.79 Å². The molecule has 3 heterocycles. The Kier molecular flexibility index (Phi) is 8.43. The molecular weight excluding hydrogens is 485 g/mol. The molecule has 2 N–H and O–H groups in total. The number of imide groups is 3. The highest BCUT2D eigenvalue weighted by atomic mass is 31.2. The van der Waals surface area contributed by atoms with Crippen molar-refractivity contribution in [3.05, 3.63) is 24.3 Å². The first-order valence-electron chi connectivity index (χ1n) is 10.8. The number of carbonyl (C=O) groups is 7. The van der Waals surface area contributed by atoms with E-state index in [1.165, 1.54) is 0 Å². The lowest BCUT2D eigenvalue weighted by Crippen LogP contribution is -2.38. The number of hydrogen-bond acceptors (Lipinski definition) is 9. The van der Waals surface area contributed by atoms with Gasteiger partial charge in [0.25, 0.3) is 35.4 Å². The standard InChI is InChI=1S/C20H24N5O9P/c26-14-2-3-15(27)23(14)11-1-13-35(33,22-10-12-24-16(28)4-5-17(24)29)21-9-8-20(32)34-25-18(30)6-7-19(25)31/h2-5H,1,6-13H2,(H2,21,22,33). The van der Waals surface area contributed by atoms with Gasteiger partial charge in [0.15, 0.2) is 0 Å². The van der Waals surface area contributed by atoms with E-state index in [-0.39, 0.29) is 58.0 Å². The number of hydroxylamine groups is 2. The largest absolute Gasteiger partial charge is 0.334 e. The fourth-order valence-electron chi connectivity index (χ4n) is 3.45. The molecule has 0 aromatic rings. The van der Waals surface area contributed by atoms with Crippen LogP contribution in [0.15, 0.2) is 24.3 Å². The Morgan fingerprint density at radius 3 is 1.83 bits per heavy atom. The van der Waals surface area contributed by atoms with Crippen molar-refractivity contribution >= 4 is 48.9 Å². The van der Waals surface area contributed by atoms with Crippen LogP contribution in [0.1, 0.15) is 25.7 Å². The Bertz CT molecular complexity index is 965. The summed E-state index contributed by atoms with van der Waals surface area (Å²) in [5, 5.41) is 5.90. The molecule has 3 aliphatic heterocycles. The molecule has 0 spiro atoms. The second-order valence-electron chi connectivity index (χ2n) is 7.75. The third-order valence-corrected chi connectivity index (χ3v) is 7.67. The van der Waals surface area contributed by atoms with Gasteiger partial charge in [0, 0.05) is 69.5 Å². The van der Waals surface area contributed by atoms with Crippen molar-refractivity contribution in [2.75, 3.05) is 32.3 Å². The third-order valence-electron chi connectivity index (χ3n) is 5.25. The predicted octanol–water partition coefficient (Wildman–Crippen LogP) is -1.40. The summed E-state index contributed by atoms with van der Waals surface area (Å²) in [4.78, 5) is 88.6. The first-order valence-corrected chi connectivity index (χ1v) is 12.7. The zero-order chi connectivity index (χ0) is 25.6. The molecule has 15 heteroatoms. The summed E-state index contributed by atoms with van der Waals surface area (Å²) in [6, 6.07) is 0. The molecular formula is C20H24N5O9P. The van der Waals surface area contributed by atoms with Gasteiger partial charge >= 0.3 is 5.97 Å². The van der Waals surface area contributed by atoms with Crippen LogP contribution >= 0.6 is 7.44 Å². The highest BCUT2D eigenvalue weighted by Gasteiger charge is 2.33. The first-order chi connectivity index (χ1) is 16.6. The smallest absolute Gasteiger partial charge is 0.330 e. The molecule has 3 rings (SSSR count). The van der Waals surface area contributed by atoms with E-state index in [4.69, 9.17) is 4.84 Å². The van der Waals surface area contributed by atoms with Gasteiger partial charge in [0.2, 0.25) is 7.44 Å². The minimum Gasteiger partial charge on any atom is -0.330 e. The molecule has 1 unspecified atom stereocenters. The molecule has 1 atom stereocenters. The van der Waals surface area contributed by atoms with Crippen LogP contribution in [0.3, 0.4) is 0 Å². The van der Waals surface area contributed by atoms with Crippen molar-refractivity contribution in [3.63, 3.8) is 0 Å². The fourth-order valence-corrected chi connectivity index (χ4v) is 5.40. The van der Waals surface area contributed by atoms with Gasteiger partial charge in [-0.2, -0.15) is 0 Å². The lowest BCUT2D eigenvalue weighted by molar-refractivity contribution is -0.197. The molecule has 14 nitrogen and oxygen atoms in total. The Balaban J connectivity index is 1.51. The van der Waals surface area contributed by atoms with Crippen molar-refractivity contribution in [2.24, 2.45) is 0 Å². The maximum atomic E-state index is 13.4. The van der Waals surface area contributed by atoms with E-state index in [0.717, 1.165) is 34.1 Å². The van der Waals surface area contributed by atoms with Gasteiger partial charge in [-0.1, -0.05) is 0 Å². The Hall–Kier alpha value is -3.48. The number of nitrogens with one attached hydrogen (secondary N) is 2. The average molecular weight is 509 g/mol. The van der Waals surface area contributed by atoms with Crippen LogP contribution in [0, 0.1) is 0 Å². The molecule has 3 aliphatic rings. The molecule has 0 aromatic carbocycles. The van der Waals surface area contributed by atoms with E-state index < -0.39 is 48.9 Å². The van der Waals surface area contributed by atoms with E-state index in [1.807, 2.05) is 0 Å². The van der Waals surface area contributed by atoms with E-state index in [0.29, 0.717) is 5.06 Å². The summed E-state index contributed by atoms with van der Waals surface area (Å²) in [6.45, 7) is -0.198. The monoisotopic (exact) mass is 509 g/mol. The summed E-state index contributed by atoms with van der Waals surface area (Å²) < 4.78 is 13.4. The van der Waals surface area contributed by atoms with Gasteiger partial charge in [-0.3, -0.25) is 53.3 Å². The van der Waals surface area contributed by atoms with Crippen molar-refractivity contribution in [2.45, 2.75) is 25.7 Å². The normalized spacial score (nSPS) is 19.5. The Labute approximate surface area is 199 Å². The van der Waals surface area contributed by atoms with Crippen molar-refractivity contribution in [1.29, 1.82) is 0 Å². The maximum Gasteiger partial charge on any atom is 0.334 e. The van der Waals surface area contributed by atoms with Crippen LogP contribution in [0.5, 0.6) is 0 Å². The predicted molar refractivity (Wildman–Crippen MR) is 117 cm³/mol. The zero-order valence-corrected chi connectivity index (χ0v) is 19.5. The van der Waals surface area contributed by atoms with Crippen LogP contribution in [-0.4, -0.2) is 88.6 Å². The second kappa shape index (κ2) is 11.3. The van der Waals surface area contributed by atoms with Crippen LogP contribution in [-0.2, 0) is 43.0 Å². The Morgan fingerprint density at radius 2 is 1.29 bits per heavy atom. The highest BCUT2D eigenvalue weighted by Crippen LogP contribution is 2.36. The number of rotatable bonds is 13. The average Bonchev–Trinajstić information content (AvgIpc) is 3.42. The summed E-state index contributed by atoms with van der Waals surface area (Å²) in [5.74, 6) is -4.06. The minimum atomic E-state index is -3.42. The minimum absolute atomic E-state index is 0.0200. The first kappa shape index (κ1) is 26.1. The summed E-state index contributed by atoms with van der Waals surface area (Å²) in [5.41, 5.74) is 0. The summed E-state index contributed by atoms with van der Waals surface area (Å²) in [7, 11) is -3.42. The van der Waals surface area contributed by atoms with Gasteiger partial charge in [0.1, 0.15) is 0 Å². The fraction of sp³-hybridized carbons (Fsp3) is 0.450. The Morgan fingerprint density at radius 1 is 0.800 bits per heavy atom. The summed E-state index contributed by atoms with van der Waals surface area (Å²) >= 11 is 0. The molecule has 35 heavy (non-hydrogen) atoms. The van der Waals surface area contributed by atoms with E-state index in [9.17, 15) is 38.1 Å². The van der Waals surface area contributed by atoms with Gasteiger partial charge in [-0.05, 0) is 6.42 Å². The molecule has 0 aliphatic carbocycles. The zero-order valence-electron chi connectivity index (χ0n) is 18.6. The van der Waals surface area contributed by atoms with E-state index >= 15 is 0 Å². The van der Waals surface area contributed by atoms with Crippen molar-refractivity contribution < 1.29 is 43.0 Å². The topological polar surface area (TPSA) is 180 Å². The van der Waals surface area contributed by atoms with Gasteiger partial charge in [0.05, 0.1) is 6.42 Å². The van der Waals surface area contributed by atoms with Crippen LogP contribution in [0.2, 0.25) is 0 Å². The molecule has 0 bridgehead atoms. The van der Waals surface area contributed by atoms with Crippen LogP contribution in [0.25, 0.3) is 0 Å². The number of amides is 6. The van der Waals surface area contributed by atoms with Crippen LogP contribution < -0.4 is 10.2 Å². The van der Waals surface area contributed by atoms with E-state index in [2.05, 4.69) is 10.2 Å². The SMILES string of the molecule is O=C(CCNP(=O)(CCCN1C(=O)C=CC1=O)NCCN1C(=O)C=CC1=O)ON1C(=O)CCC1=O. The lowest BCUT2D eigenvalue weighted by atomic mass is 10.4. The molecule has 1 fully saturated rings. The van der Waals surface area contributed by atoms with Gasteiger partial charge < -0.3 is 4.84 Å². The van der Waals surface area contributed by atoms with Crippen molar-refractivity contribution in [3.8, 4) is 0 Å². The van der Waals surface area contributed by atoms with E-state index in [1.54, 1.807) is 0 Å². The van der Waals surface area contributed by atoms with Crippen LogP contribution in [0.4, 0.5) is 0 Å². The molecule has 0 saturated carbocycles. The molecule has 6 amide bonds. The molecule has 188 valence electrons. The maximum absolute atomic E-state index is 13.4. The van der Waals surface area contributed by atoms with Gasteiger partial charge in [-0.15, -0.1) is 5.06 Å². The highest BCUT2D eigenvalue weighted by molar-refractivity contribution is 7.59. The number of hydrogen-bond donors (Lipinski definition) is 2. The quantitative estimate of drug-likeness (QED) is 0.220. The van der Waals surface area contributed by atoms with Crippen molar-refractivity contribution in [1.82, 2.24) is 25.0 Å². The molecule has 0 radical (unpaired) electrons. The summed E-state index contributed by atoms with van der Waals surface area (Å²) in [6.07, 6.45) is 4.26. The molecule has 1 saturated heterocycles. The lowest BCUT2D eigenvalue weighted by Gasteiger charge is -2.23. The number of nitrogens with zero attached hydrogens (tertiary/aromatic N) is 3. The second-order valence-corrected chi connectivity index (χ2v) is 10.3. The molecule has 0 aromatic heterocycles. The third kappa shape index (κ3) is 6.78.